The molecule has 1 fully saturated rings. The molecule has 0 atom stereocenters. The Morgan fingerprint density at radius 2 is 1.88 bits per heavy atom. The highest BCUT2D eigenvalue weighted by molar-refractivity contribution is 6.30. The van der Waals surface area contributed by atoms with Crippen LogP contribution in [0.4, 0.5) is 11.5 Å². The monoisotopic (exact) mass is 374 g/mol. The summed E-state index contributed by atoms with van der Waals surface area (Å²) in [6, 6.07) is 10.1. The molecule has 7 nitrogen and oxygen atoms in total. The average molecular weight is 375 g/mol. The largest absolute Gasteiger partial charge is 0.378 e. The SMILES string of the molecule is O=C(CNC(=O)c1cccnc1N1CCOCC1)Nc1ccc(Cl)cc1. The number of hydrogen-bond acceptors (Lipinski definition) is 5. The van der Waals surface area contributed by atoms with Crippen molar-refractivity contribution < 1.29 is 14.3 Å². The second-order valence-corrected chi connectivity index (χ2v) is 6.15. The van der Waals surface area contributed by atoms with Crippen LogP contribution >= 0.6 is 11.6 Å². The van der Waals surface area contributed by atoms with Crippen LogP contribution in [0, 0.1) is 0 Å². The van der Waals surface area contributed by atoms with Crippen LogP contribution in [0.25, 0.3) is 0 Å². The Balaban J connectivity index is 1.59. The van der Waals surface area contributed by atoms with E-state index in [4.69, 9.17) is 16.3 Å². The number of nitrogens with zero attached hydrogens (tertiary/aromatic N) is 2. The first-order valence-corrected chi connectivity index (χ1v) is 8.62. The maximum Gasteiger partial charge on any atom is 0.255 e. The Bertz CT molecular complexity index is 776. The molecule has 2 aromatic rings. The standard InChI is InChI=1S/C18H19ClN4O3/c19-13-3-5-14(6-4-13)22-16(24)12-21-18(25)15-2-1-7-20-17(15)23-8-10-26-11-9-23/h1-7H,8-12H2,(H,21,25)(H,22,24). The molecule has 3 rings (SSSR count). The van der Waals surface area contributed by atoms with Crippen molar-refractivity contribution in [2.24, 2.45) is 0 Å². The number of hydrogen-bond donors (Lipinski definition) is 2. The van der Waals surface area contributed by atoms with Crippen molar-refractivity contribution in [3.63, 3.8) is 0 Å². The Morgan fingerprint density at radius 3 is 2.62 bits per heavy atom. The lowest BCUT2D eigenvalue weighted by Crippen LogP contribution is -2.39. The van der Waals surface area contributed by atoms with Gasteiger partial charge < -0.3 is 20.3 Å². The number of benzene rings is 1. The molecule has 0 radical (unpaired) electrons. The maximum absolute atomic E-state index is 12.5. The summed E-state index contributed by atoms with van der Waals surface area (Å²) in [5.74, 6) is -0.0604. The van der Waals surface area contributed by atoms with Crippen LogP contribution in [-0.4, -0.2) is 49.6 Å². The number of anilines is 2. The van der Waals surface area contributed by atoms with Gasteiger partial charge in [0.25, 0.3) is 5.91 Å². The van der Waals surface area contributed by atoms with Crippen molar-refractivity contribution in [3.8, 4) is 0 Å². The van der Waals surface area contributed by atoms with Crippen LogP contribution in [0.1, 0.15) is 10.4 Å². The lowest BCUT2D eigenvalue weighted by molar-refractivity contribution is -0.115. The summed E-state index contributed by atoms with van der Waals surface area (Å²) in [5.41, 5.74) is 1.05. The number of carbonyl (C=O) groups is 2. The second-order valence-electron chi connectivity index (χ2n) is 5.71. The maximum atomic E-state index is 12.5. The van der Waals surface area contributed by atoms with Gasteiger partial charge in [0.15, 0.2) is 0 Å². The number of rotatable bonds is 5. The summed E-state index contributed by atoms with van der Waals surface area (Å²) in [7, 11) is 0. The van der Waals surface area contributed by atoms with E-state index in [1.165, 1.54) is 0 Å². The summed E-state index contributed by atoms with van der Waals surface area (Å²) < 4.78 is 5.33. The van der Waals surface area contributed by atoms with Crippen LogP contribution in [0.15, 0.2) is 42.6 Å². The molecular formula is C18H19ClN4O3. The number of ether oxygens (including phenoxy) is 1. The second kappa shape index (κ2) is 8.64. The number of amides is 2. The Labute approximate surface area is 156 Å². The predicted octanol–water partition coefficient (Wildman–Crippen LogP) is 1.94. The highest BCUT2D eigenvalue weighted by atomic mass is 35.5. The molecule has 8 heteroatoms. The quantitative estimate of drug-likeness (QED) is 0.835. The van der Waals surface area contributed by atoms with E-state index < -0.39 is 0 Å². The van der Waals surface area contributed by atoms with E-state index >= 15 is 0 Å². The zero-order valence-corrected chi connectivity index (χ0v) is 14.8. The number of aromatic nitrogens is 1. The minimum atomic E-state index is -0.342. The normalized spacial score (nSPS) is 14.0. The van der Waals surface area contributed by atoms with Gasteiger partial charge in [-0.15, -0.1) is 0 Å². The highest BCUT2D eigenvalue weighted by Crippen LogP contribution is 2.18. The van der Waals surface area contributed by atoms with Crippen LogP contribution in [0.5, 0.6) is 0 Å². The number of pyridine rings is 1. The lowest BCUT2D eigenvalue weighted by atomic mass is 10.2. The molecule has 0 saturated carbocycles. The van der Waals surface area contributed by atoms with Crippen LogP contribution < -0.4 is 15.5 Å². The number of morpholine rings is 1. The van der Waals surface area contributed by atoms with E-state index in [0.717, 1.165) is 0 Å². The van der Waals surface area contributed by atoms with Gasteiger partial charge in [-0.25, -0.2) is 4.98 Å². The van der Waals surface area contributed by atoms with Gasteiger partial charge in [-0.3, -0.25) is 9.59 Å². The molecule has 2 amide bonds. The third-order valence-electron chi connectivity index (χ3n) is 3.88. The lowest BCUT2D eigenvalue weighted by Gasteiger charge is -2.29. The third-order valence-corrected chi connectivity index (χ3v) is 4.13. The summed E-state index contributed by atoms with van der Waals surface area (Å²) >= 11 is 5.81. The summed E-state index contributed by atoms with van der Waals surface area (Å²) in [4.78, 5) is 30.9. The zero-order valence-electron chi connectivity index (χ0n) is 14.1. The number of carbonyl (C=O) groups excluding carboxylic acids is 2. The van der Waals surface area contributed by atoms with Crippen molar-refractivity contribution in [1.29, 1.82) is 0 Å². The molecule has 2 N–H and O–H groups in total. The van der Waals surface area contributed by atoms with Gasteiger partial charge in [-0.1, -0.05) is 11.6 Å². The first-order chi connectivity index (χ1) is 12.6. The molecule has 136 valence electrons. The van der Waals surface area contributed by atoms with E-state index in [9.17, 15) is 9.59 Å². The molecule has 0 aliphatic carbocycles. The topological polar surface area (TPSA) is 83.6 Å². The molecule has 0 unspecified atom stereocenters. The van der Waals surface area contributed by atoms with Gasteiger partial charge in [0, 0.05) is 30.0 Å². The minimum Gasteiger partial charge on any atom is -0.378 e. The van der Waals surface area contributed by atoms with Gasteiger partial charge in [0.1, 0.15) is 5.82 Å². The van der Waals surface area contributed by atoms with Crippen LogP contribution in [0.2, 0.25) is 5.02 Å². The fraction of sp³-hybridized carbons (Fsp3) is 0.278. The van der Waals surface area contributed by atoms with Crippen LogP contribution in [-0.2, 0) is 9.53 Å². The van der Waals surface area contributed by atoms with E-state index in [-0.39, 0.29) is 18.4 Å². The third kappa shape index (κ3) is 4.71. The molecule has 1 aromatic heterocycles. The molecule has 1 aliphatic heterocycles. The number of nitrogens with one attached hydrogen (secondary N) is 2. The van der Waals surface area contributed by atoms with E-state index in [1.807, 2.05) is 4.90 Å². The molecule has 0 bridgehead atoms. The van der Waals surface area contributed by atoms with E-state index in [0.29, 0.717) is 48.4 Å². The summed E-state index contributed by atoms with van der Waals surface area (Å²) in [5, 5.41) is 5.92. The Hall–Kier alpha value is -2.64. The van der Waals surface area contributed by atoms with Crippen molar-refractivity contribution in [3.05, 3.63) is 53.2 Å². The molecule has 1 saturated heterocycles. The van der Waals surface area contributed by atoms with Crippen molar-refractivity contribution in [1.82, 2.24) is 10.3 Å². The molecule has 2 heterocycles. The Morgan fingerprint density at radius 1 is 1.15 bits per heavy atom. The number of halogens is 1. The van der Waals surface area contributed by atoms with Gasteiger partial charge in [0.05, 0.1) is 25.3 Å². The molecule has 1 aliphatic rings. The van der Waals surface area contributed by atoms with Crippen LogP contribution in [0.3, 0.4) is 0 Å². The van der Waals surface area contributed by atoms with Crippen molar-refractivity contribution >= 4 is 34.9 Å². The Kier molecular flexibility index (Phi) is 6.04. The summed E-state index contributed by atoms with van der Waals surface area (Å²) in [6.07, 6.45) is 1.65. The van der Waals surface area contributed by atoms with Gasteiger partial charge in [-0.2, -0.15) is 0 Å². The first-order valence-electron chi connectivity index (χ1n) is 8.25. The van der Waals surface area contributed by atoms with Gasteiger partial charge in [-0.05, 0) is 36.4 Å². The molecule has 0 spiro atoms. The molecule has 1 aromatic carbocycles. The average Bonchev–Trinajstić information content (AvgIpc) is 2.68. The van der Waals surface area contributed by atoms with E-state index in [2.05, 4.69) is 15.6 Å². The van der Waals surface area contributed by atoms with Gasteiger partial charge >= 0.3 is 0 Å². The first kappa shape index (κ1) is 18.2. The molecular weight excluding hydrogens is 356 g/mol. The van der Waals surface area contributed by atoms with E-state index in [1.54, 1.807) is 42.6 Å². The fourth-order valence-electron chi connectivity index (χ4n) is 2.60. The highest BCUT2D eigenvalue weighted by Gasteiger charge is 2.20. The minimum absolute atomic E-state index is 0.140. The van der Waals surface area contributed by atoms with Crippen molar-refractivity contribution in [2.75, 3.05) is 43.1 Å². The smallest absolute Gasteiger partial charge is 0.255 e. The summed E-state index contributed by atoms with van der Waals surface area (Å²) in [6.45, 7) is 2.41. The zero-order chi connectivity index (χ0) is 18.4. The fourth-order valence-corrected chi connectivity index (χ4v) is 2.72. The molecule has 26 heavy (non-hydrogen) atoms. The van der Waals surface area contributed by atoms with Gasteiger partial charge in [0.2, 0.25) is 5.91 Å². The predicted molar refractivity (Wildman–Crippen MR) is 99.7 cm³/mol. The van der Waals surface area contributed by atoms with Crippen molar-refractivity contribution in [2.45, 2.75) is 0 Å².